The van der Waals surface area contributed by atoms with E-state index in [1.807, 2.05) is 0 Å². The summed E-state index contributed by atoms with van der Waals surface area (Å²) in [6.07, 6.45) is -3.04. The summed E-state index contributed by atoms with van der Waals surface area (Å²) in [6.45, 7) is 1.88. The first-order valence-electron chi connectivity index (χ1n) is 11.4. The van der Waals surface area contributed by atoms with Gasteiger partial charge in [0.15, 0.2) is 11.5 Å². The molecule has 5 rings (SSSR count). The van der Waals surface area contributed by atoms with Crippen molar-refractivity contribution in [3.63, 3.8) is 0 Å². The standard InChI is InChI=1S/C24H22F3N5O4/c25-24(26,27)17-4-1-3-16(13-17)15-31-10-11-32-19(22(31)34)14-18(28-32)21(33)29-6-8-30(9-7-29)23(35)20-5-2-12-36-20/h1-5,12-14H,6-11,15H2. The Hall–Kier alpha value is -4.09. The number of furan rings is 1. The van der Waals surface area contributed by atoms with Crippen molar-refractivity contribution < 1.29 is 32.0 Å². The lowest BCUT2D eigenvalue weighted by Crippen LogP contribution is -2.50. The SMILES string of the molecule is O=C(c1cc2n(n1)CCN(Cc1cccc(C(F)(F)F)c1)C2=O)N1CCN(C(=O)c2ccco2)CC1. The third-order valence-corrected chi connectivity index (χ3v) is 6.30. The molecule has 4 heterocycles. The number of hydrogen-bond donors (Lipinski definition) is 0. The first-order chi connectivity index (χ1) is 17.2. The number of alkyl halides is 3. The smallest absolute Gasteiger partial charge is 0.416 e. The van der Waals surface area contributed by atoms with Gasteiger partial charge < -0.3 is 19.1 Å². The van der Waals surface area contributed by atoms with Crippen molar-refractivity contribution in [2.45, 2.75) is 19.3 Å². The third-order valence-electron chi connectivity index (χ3n) is 6.30. The average molecular weight is 501 g/mol. The topological polar surface area (TPSA) is 91.9 Å². The highest BCUT2D eigenvalue weighted by Crippen LogP contribution is 2.30. The number of carbonyl (C=O) groups is 3. The van der Waals surface area contributed by atoms with Crippen LogP contribution in [-0.2, 0) is 19.3 Å². The molecule has 0 atom stereocenters. The Morgan fingerprint density at radius 2 is 1.64 bits per heavy atom. The summed E-state index contributed by atoms with van der Waals surface area (Å²) in [5.74, 6) is -0.751. The van der Waals surface area contributed by atoms with Gasteiger partial charge in [0.1, 0.15) is 5.69 Å². The van der Waals surface area contributed by atoms with Gasteiger partial charge in [0.2, 0.25) is 0 Å². The molecular formula is C24H22F3N5O4. The number of rotatable bonds is 4. The maximum Gasteiger partial charge on any atom is 0.416 e. The number of piperazine rings is 1. The fourth-order valence-electron chi connectivity index (χ4n) is 4.39. The van der Waals surface area contributed by atoms with Crippen LogP contribution in [0.4, 0.5) is 13.2 Å². The molecule has 2 aliphatic rings. The van der Waals surface area contributed by atoms with E-state index in [9.17, 15) is 27.6 Å². The molecule has 9 nitrogen and oxygen atoms in total. The molecular weight excluding hydrogens is 479 g/mol. The second-order valence-corrected chi connectivity index (χ2v) is 8.62. The molecule has 1 fully saturated rings. The van der Waals surface area contributed by atoms with E-state index in [1.165, 1.54) is 28.0 Å². The van der Waals surface area contributed by atoms with Crippen LogP contribution in [0.15, 0.2) is 53.1 Å². The van der Waals surface area contributed by atoms with Crippen molar-refractivity contribution in [2.75, 3.05) is 32.7 Å². The van der Waals surface area contributed by atoms with Gasteiger partial charge in [0.05, 0.1) is 18.4 Å². The van der Waals surface area contributed by atoms with Crippen molar-refractivity contribution in [2.24, 2.45) is 0 Å². The highest BCUT2D eigenvalue weighted by molar-refractivity contribution is 5.98. The molecule has 0 bridgehead atoms. The van der Waals surface area contributed by atoms with Crippen molar-refractivity contribution in [3.8, 4) is 0 Å². The Bertz CT molecular complexity index is 1290. The van der Waals surface area contributed by atoms with Gasteiger partial charge in [-0.2, -0.15) is 18.3 Å². The molecule has 0 aliphatic carbocycles. The zero-order valence-electron chi connectivity index (χ0n) is 19.1. The van der Waals surface area contributed by atoms with Crippen LogP contribution in [0.1, 0.15) is 42.7 Å². The van der Waals surface area contributed by atoms with Crippen LogP contribution in [0.25, 0.3) is 0 Å². The predicted octanol–water partition coefficient (Wildman–Crippen LogP) is 2.75. The van der Waals surface area contributed by atoms with Gasteiger partial charge in [-0.3, -0.25) is 19.1 Å². The number of carbonyl (C=O) groups excluding carboxylic acids is 3. The van der Waals surface area contributed by atoms with E-state index >= 15 is 0 Å². The van der Waals surface area contributed by atoms with Gasteiger partial charge in [-0.1, -0.05) is 12.1 Å². The normalized spacial score (nSPS) is 16.3. The Morgan fingerprint density at radius 1 is 0.917 bits per heavy atom. The first kappa shape index (κ1) is 23.6. The second-order valence-electron chi connectivity index (χ2n) is 8.62. The molecule has 0 radical (unpaired) electrons. The minimum absolute atomic E-state index is 0.0167. The lowest BCUT2D eigenvalue weighted by molar-refractivity contribution is -0.137. The van der Waals surface area contributed by atoms with Crippen LogP contribution >= 0.6 is 0 Å². The minimum atomic E-state index is -4.46. The Morgan fingerprint density at radius 3 is 2.31 bits per heavy atom. The molecule has 0 unspecified atom stereocenters. The molecule has 0 N–H and O–H groups in total. The van der Waals surface area contributed by atoms with Crippen molar-refractivity contribution in [3.05, 3.63) is 77.0 Å². The molecule has 0 spiro atoms. The van der Waals surface area contributed by atoms with Gasteiger partial charge in [0, 0.05) is 45.3 Å². The first-order valence-corrected chi connectivity index (χ1v) is 11.4. The van der Waals surface area contributed by atoms with Crippen LogP contribution in [-0.4, -0.2) is 74.9 Å². The Kier molecular flexibility index (Phi) is 6.02. The van der Waals surface area contributed by atoms with Crippen molar-refractivity contribution >= 4 is 17.7 Å². The number of aromatic nitrogens is 2. The molecule has 1 saturated heterocycles. The van der Waals surface area contributed by atoms with Crippen LogP contribution in [0, 0.1) is 0 Å². The van der Waals surface area contributed by atoms with Crippen molar-refractivity contribution in [1.29, 1.82) is 0 Å². The van der Waals surface area contributed by atoms with E-state index in [0.29, 0.717) is 38.3 Å². The van der Waals surface area contributed by atoms with E-state index in [2.05, 4.69) is 5.10 Å². The average Bonchev–Trinajstić information content (AvgIpc) is 3.56. The summed E-state index contributed by atoms with van der Waals surface area (Å²) in [4.78, 5) is 43.1. The zero-order chi connectivity index (χ0) is 25.4. The second kappa shape index (κ2) is 9.17. The summed E-state index contributed by atoms with van der Waals surface area (Å²) in [5.41, 5.74) is -0.0777. The van der Waals surface area contributed by atoms with E-state index in [-0.39, 0.29) is 42.1 Å². The molecule has 36 heavy (non-hydrogen) atoms. The Labute approximate surface area is 203 Å². The molecule has 12 heteroatoms. The van der Waals surface area contributed by atoms with Gasteiger partial charge in [0.25, 0.3) is 17.7 Å². The van der Waals surface area contributed by atoms with E-state index in [0.717, 1.165) is 12.1 Å². The molecule has 3 amide bonds. The monoisotopic (exact) mass is 501 g/mol. The molecule has 2 aromatic heterocycles. The maximum atomic E-state index is 13.0. The number of halogens is 3. The summed E-state index contributed by atoms with van der Waals surface area (Å²) in [5, 5.41) is 4.29. The van der Waals surface area contributed by atoms with Crippen LogP contribution in [0.2, 0.25) is 0 Å². The van der Waals surface area contributed by atoms with Gasteiger partial charge in [-0.05, 0) is 29.8 Å². The molecule has 2 aliphatic heterocycles. The van der Waals surface area contributed by atoms with E-state index in [4.69, 9.17) is 4.42 Å². The minimum Gasteiger partial charge on any atom is -0.459 e. The maximum absolute atomic E-state index is 13.0. The van der Waals surface area contributed by atoms with Gasteiger partial charge in [-0.15, -0.1) is 0 Å². The van der Waals surface area contributed by atoms with Crippen LogP contribution < -0.4 is 0 Å². The number of nitrogens with zero attached hydrogens (tertiary/aromatic N) is 5. The highest BCUT2D eigenvalue weighted by atomic mass is 19.4. The summed E-state index contributed by atoms with van der Waals surface area (Å²) < 4.78 is 45.7. The third kappa shape index (κ3) is 4.58. The van der Waals surface area contributed by atoms with Gasteiger partial charge >= 0.3 is 6.18 Å². The largest absolute Gasteiger partial charge is 0.459 e. The lowest BCUT2D eigenvalue weighted by Gasteiger charge is -2.33. The lowest BCUT2D eigenvalue weighted by atomic mass is 10.1. The molecule has 188 valence electrons. The van der Waals surface area contributed by atoms with E-state index < -0.39 is 17.6 Å². The van der Waals surface area contributed by atoms with Crippen LogP contribution in [0.3, 0.4) is 0 Å². The molecule has 3 aromatic rings. The quantitative estimate of drug-likeness (QED) is 0.548. The fourth-order valence-corrected chi connectivity index (χ4v) is 4.39. The molecule has 0 saturated carbocycles. The number of benzene rings is 1. The zero-order valence-corrected chi connectivity index (χ0v) is 19.1. The van der Waals surface area contributed by atoms with Crippen molar-refractivity contribution in [1.82, 2.24) is 24.5 Å². The fraction of sp³-hybridized carbons (Fsp3) is 0.333. The van der Waals surface area contributed by atoms with Gasteiger partial charge in [-0.25, -0.2) is 0 Å². The molecule has 1 aromatic carbocycles. The number of amides is 3. The van der Waals surface area contributed by atoms with Crippen LogP contribution in [0.5, 0.6) is 0 Å². The number of hydrogen-bond acceptors (Lipinski definition) is 5. The summed E-state index contributed by atoms with van der Waals surface area (Å²) in [7, 11) is 0. The number of fused-ring (bicyclic) bond motifs is 1. The summed E-state index contributed by atoms with van der Waals surface area (Å²) in [6, 6.07) is 9.52. The highest BCUT2D eigenvalue weighted by Gasteiger charge is 2.33. The Balaban J connectivity index is 1.23. The van der Waals surface area contributed by atoms with E-state index in [1.54, 1.807) is 28.0 Å². The summed E-state index contributed by atoms with van der Waals surface area (Å²) >= 11 is 0. The predicted molar refractivity (Wildman–Crippen MR) is 119 cm³/mol.